The van der Waals surface area contributed by atoms with Crippen LogP contribution in [0, 0.1) is 0 Å². The summed E-state index contributed by atoms with van der Waals surface area (Å²) in [6.07, 6.45) is 4.01. The molecular weight excluding hydrogens is 276 g/mol. The number of para-hydroxylation sites is 1. The Morgan fingerprint density at radius 1 is 1.14 bits per heavy atom. The highest BCUT2D eigenvalue weighted by Crippen LogP contribution is 2.24. The Morgan fingerprint density at radius 3 is 2.73 bits per heavy atom. The second kappa shape index (κ2) is 6.43. The van der Waals surface area contributed by atoms with E-state index in [-0.39, 0.29) is 0 Å². The third-order valence-corrected chi connectivity index (χ3v) is 3.44. The molecule has 0 aliphatic carbocycles. The number of benzene rings is 1. The first-order chi connectivity index (χ1) is 10.8. The quantitative estimate of drug-likeness (QED) is 0.683. The minimum atomic E-state index is 0.628. The zero-order valence-corrected chi connectivity index (χ0v) is 12.9. The summed E-state index contributed by atoms with van der Waals surface area (Å²) in [4.78, 5) is 9.14. The number of aryl methyl sites for hydroxylation is 1. The maximum atomic E-state index is 4.59. The third-order valence-electron chi connectivity index (χ3n) is 3.44. The molecule has 0 saturated heterocycles. The van der Waals surface area contributed by atoms with Crippen molar-refractivity contribution in [3.05, 3.63) is 36.5 Å². The molecule has 3 aromatic rings. The largest absolute Gasteiger partial charge is 0.354 e. The summed E-state index contributed by atoms with van der Waals surface area (Å²) in [5.74, 6) is 1.39. The van der Waals surface area contributed by atoms with Crippen molar-refractivity contribution >= 4 is 28.5 Å². The molecule has 2 N–H and O–H groups in total. The molecule has 0 amide bonds. The van der Waals surface area contributed by atoms with Gasteiger partial charge in [-0.05, 0) is 18.6 Å². The standard InChI is InChI=1S/C16H20N6/c1-3-4-10-17-16-20-14(19-12-8-6-5-7-9-12)13-11-18-22(2)15(13)21-16/h5-9,11H,3-4,10H2,1-2H3,(H2,17,19,20,21). The number of hydrogen-bond acceptors (Lipinski definition) is 5. The molecule has 22 heavy (non-hydrogen) atoms. The van der Waals surface area contributed by atoms with Crippen molar-refractivity contribution in [1.29, 1.82) is 0 Å². The predicted molar refractivity (Wildman–Crippen MR) is 89.4 cm³/mol. The number of anilines is 3. The van der Waals surface area contributed by atoms with Crippen LogP contribution >= 0.6 is 0 Å². The average Bonchev–Trinajstić information content (AvgIpc) is 2.91. The molecule has 6 nitrogen and oxygen atoms in total. The Morgan fingerprint density at radius 2 is 1.95 bits per heavy atom. The van der Waals surface area contributed by atoms with Gasteiger partial charge in [-0.3, -0.25) is 4.68 Å². The fraction of sp³-hybridized carbons (Fsp3) is 0.312. The van der Waals surface area contributed by atoms with E-state index in [2.05, 4.69) is 32.6 Å². The Balaban J connectivity index is 1.95. The fourth-order valence-electron chi connectivity index (χ4n) is 2.23. The first kappa shape index (κ1) is 14.3. The average molecular weight is 296 g/mol. The summed E-state index contributed by atoms with van der Waals surface area (Å²) >= 11 is 0. The molecular formula is C16H20N6. The number of rotatable bonds is 6. The number of fused-ring (bicyclic) bond motifs is 1. The Labute approximate surface area is 129 Å². The number of nitrogens with one attached hydrogen (secondary N) is 2. The highest BCUT2D eigenvalue weighted by molar-refractivity contribution is 5.89. The molecule has 0 fully saturated rings. The van der Waals surface area contributed by atoms with Crippen LogP contribution in [-0.4, -0.2) is 26.3 Å². The maximum Gasteiger partial charge on any atom is 0.226 e. The second-order valence-electron chi connectivity index (χ2n) is 5.17. The minimum Gasteiger partial charge on any atom is -0.354 e. The van der Waals surface area contributed by atoms with Gasteiger partial charge in [0, 0.05) is 19.3 Å². The molecule has 0 aliphatic rings. The predicted octanol–water partition coefficient (Wildman–Crippen LogP) is 3.32. The van der Waals surface area contributed by atoms with Gasteiger partial charge in [0.15, 0.2) is 5.65 Å². The molecule has 0 aliphatic heterocycles. The van der Waals surface area contributed by atoms with Crippen molar-refractivity contribution in [2.75, 3.05) is 17.2 Å². The Hall–Kier alpha value is -2.63. The van der Waals surface area contributed by atoms with Crippen molar-refractivity contribution in [2.45, 2.75) is 19.8 Å². The molecule has 6 heteroatoms. The molecule has 0 saturated carbocycles. The Bertz CT molecular complexity index is 750. The molecule has 2 heterocycles. The van der Waals surface area contributed by atoms with Crippen LogP contribution < -0.4 is 10.6 Å². The SMILES string of the molecule is CCCCNc1nc(Nc2ccccc2)c2cnn(C)c2n1. The van der Waals surface area contributed by atoms with Crippen molar-refractivity contribution in [1.82, 2.24) is 19.7 Å². The summed E-state index contributed by atoms with van der Waals surface area (Å²) < 4.78 is 1.76. The van der Waals surface area contributed by atoms with E-state index in [0.717, 1.165) is 41.9 Å². The molecule has 0 spiro atoms. The maximum absolute atomic E-state index is 4.59. The van der Waals surface area contributed by atoms with E-state index in [4.69, 9.17) is 0 Å². The lowest BCUT2D eigenvalue weighted by Gasteiger charge is -2.10. The molecule has 2 aromatic heterocycles. The van der Waals surface area contributed by atoms with Crippen LogP contribution in [0.3, 0.4) is 0 Å². The van der Waals surface area contributed by atoms with Crippen LogP contribution in [0.5, 0.6) is 0 Å². The molecule has 0 atom stereocenters. The van der Waals surface area contributed by atoms with Crippen molar-refractivity contribution in [3.8, 4) is 0 Å². The lowest BCUT2D eigenvalue weighted by atomic mass is 10.3. The lowest BCUT2D eigenvalue weighted by molar-refractivity contribution is 0.783. The summed E-state index contributed by atoms with van der Waals surface area (Å²) in [5, 5.41) is 11.8. The van der Waals surface area contributed by atoms with Gasteiger partial charge in [-0.25, -0.2) is 0 Å². The number of unbranched alkanes of at least 4 members (excludes halogenated alkanes) is 1. The molecule has 0 unspecified atom stereocenters. The summed E-state index contributed by atoms with van der Waals surface area (Å²) in [5.41, 5.74) is 1.80. The van der Waals surface area contributed by atoms with Crippen LogP contribution in [-0.2, 0) is 7.05 Å². The monoisotopic (exact) mass is 296 g/mol. The normalized spacial score (nSPS) is 10.8. The van der Waals surface area contributed by atoms with Gasteiger partial charge in [0.1, 0.15) is 5.82 Å². The minimum absolute atomic E-state index is 0.628. The second-order valence-corrected chi connectivity index (χ2v) is 5.17. The molecule has 114 valence electrons. The molecule has 3 rings (SSSR count). The van der Waals surface area contributed by atoms with Gasteiger partial charge in [0.25, 0.3) is 0 Å². The highest BCUT2D eigenvalue weighted by Gasteiger charge is 2.11. The molecule has 1 aromatic carbocycles. The topological polar surface area (TPSA) is 67.7 Å². The van der Waals surface area contributed by atoms with E-state index in [1.807, 2.05) is 37.4 Å². The number of hydrogen-bond donors (Lipinski definition) is 2. The zero-order valence-electron chi connectivity index (χ0n) is 12.9. The van der Waals surface area contributed by atoms with Crippen molar-refractivity contribution < 1.29 is 0 Å². The first-order valence-electron chi connectivity index (χ1n) is 7.53. The van der Waals surface area contributed by atoms with E-state index in [1.54, 1.807) is 10.9 Å². The van der Waals surface area contributed by atoms with Gasteiger partial charge in [-0.15, -0.1) is 0 Å². The number of nitrogens with zero attached hydrogens (tertiary/aromatic N) is 4. The Kier molecular flexibility index (Phi) is 4.18. The zero-order chi connectivity index (χ0) is 15.4. The van der Waals surface area contributed by atoms with E-state index in [0.29, 0.717) is 5.95 Å². The fourth-order valence-corrected chi connectivity index (χ4v) is 2.23. The van der Waals surface area contributed by atoms with E-state index >= 15 is 0 Å². The van der Waals surface area contributed by atoms with Gasteiger partial charge in [0.2, 0.25) is 5.95 Å². The first-order valence-corrected chi connectivity index (χ1v) is 7.53. The van der Waals surface area contributed by atoms with Gasteiger partial charge < -0.3 is 10.6 Å². The van der Waals surface area contributed by atoms with Crippen LogP contribution in [0.15, 0.2) is 36.5 Å². The van der Waals surface area contributed by atoms with Crippen LogP contribution in [0.1, 0.15) is 19.8 Å². The summed E-state index contributed by atoms with van der Waals surface area (Å²) in [6, 6.07) is 9.99. The summed E-state index contributed by atoms with van der Waals surface area (Å²) in [6.45, 7) is 3.03. The third kappa shape index (κ3) is 3.00. The highest BCUT2D eigenvalue weighted by atomic mass is 15.3. The van der Waals surface area contributed by atoms with E-state index < -0.39 is 0 Å². The van der Waals surface area contributed by atoms with Crippen LogP contribution in [0.4, 0.5) is 17.5 Å². The van der Waals surface area contributed by atoms with E-state index in [9.17, 15) is 0 Å². The summed E-state index contributed by atoms with van der Waals surface area (Å²) in [7, 11) is 1.89. The molecule has 0 bridgehead atoms. The van der Waals surface area contributed by atoms with E-state index in [1.165, 1.54) is 0 Å². The van der Waals surface area contributed by atoms with Crippen molar-refractivity contribution in [2.24, 2.45) is 7.05 Å². The lowest BCUT2D eigenvalue weighted by Crippen LogP contribution is -2.07. The van der Waals surface area contributed by atoms with Gasteiger partial charge in [-0.2, -0.15) is 15.1 Å². The van der Waals surface area contributed by atoms with Gasteiger partial charge >= 0.3 is 0 Å². The number of aromatic nitrogens is 4. The molecule has 0 radical (unpaired) electrons. The van der Waals surface area contributed by atoms with Gasteiger partial charge in [-0.1, -0.05) is 31.5 Å². The van der Waals surface area contributed by atoms with Crippen LogP contribution in [0.25, 0.3) is 11.0 Å². The van der Waals surface area contributed by atoms with Crippen molar-refractivity contribution in [3.63, 3.8) is 0 Å². The van der Waals surface area contributed by atoms with Crippen LogP contribution in [0.2, 0.25) is 0 Å². The van der Waals surface area contributed by atoms with Gasteiger partial charge in [0.05, 0.1) is 11.6 Å². The smallest absolute Gasteiger partial charge is 0.226 e.